The summed E-state index contributed by atoms with van der Waals surface area (Å²) >= 11 is 0. The number of likely N-dealkylation sites (tertiary alicyclic amines) is 1. The molecule has 5 aliphatic rings. The second-order valence-electron chi connectivity index (χ2n) is 11.8. The molecule has 5 heterocycles. The summed E-state index contributed by atoms with van der Waals surface area (Å²) in [5, 5.41) is 10.4. The summed E-state index contributed by atoms with van der Waals surface area (Å²) in [5.41, 5.74) is -1.31. The quantitative estimate of drug-likeness (QED) is 0.373. The van der Waals surface area contributed by atoms with Crippen molar-refractivity contribution in [3.05, 3.63) is 24.3 Å². The van der Waals surface area contributed by atoms with Crippen LogP contribution in [0.15, 0.2) is 24.3 Å². The van der Waals surface area contributed by atoms with Gasteiger partial charge in [0.1, 0.15) is 17.6 Å². The maximum Gasteiger partial charge on any atom is 0.312 e. The van der Waals surface area contributed by atoms with E-state index in [9.17, 15) is 19.5 Å². The molecule has 2 amide bonds. The lowest BCUT2D eigenvalue weighted by Crippen LogP contribution is -2.59. The third kappa shape index (κ3) is 5.40. The lowest BCUT2D eigenvalue weighted by molar-refractivity contribution is -0.156. The average molecular weight is 546 g/mol. The SMILES string of the molecule is CC(C)C[C@H](CO)N1C(=O)[C@@H]2[C@H]3C(=O)OCCCC/C=C\[C@H]3O[C@@]23C=CCN(CCN2CCOCC2)C(=O)C13. The van der Waals surface area contributed by atoms with Gasteiger partial charge in [0.15, 0.2) is 0 Å². The minimum absolute atomic E-state index is 0.190. The largest absolute Gasteiger partial charge is 0.465 e. The summed E-state index contributed by atoms with van der Waals surface area (Å²) < 4.78 is 17.8. The van der Waals surface area contributed by atoms with E-state index in [4.69, 9.17) is 14.2 Å². The average Bonchev–Trinajstić information content (AvgIpc) is 3.32. The molecule has 39 heavy (non-hydrogen) atoms. The molecule has 10 heteroatoms. The number of rotatable bonds is 7. The van der Waals surface area contributed by atoms with Crippen molar-refractivity contribution in [2.75, 3.05) is 59.2 Å². The van der Waals surface area contributed by atoms with Crippen LogP contribution in [0.25, 0.3) is 0 Å². The van der Waals surface area contributed by atoms with Crippen LogP contribution < -0.4 is 0 Å². The summed E-state index contributed by atoms with van der Waals surface area (Å²) in [5.74, 6) is -2.54. The number of esters is 1. The first-order chi connectivity index (χ1) is 18.9. The molecule has 1 N–H and O–H groups in total. The maximum absolute atomic E-state index is 14.4. The number of cyclic esters (lactones) is 1. The van der Waals surface area contributed by atoms with Gasteiger partial charge in [0.05, 0.1) is 44.5 Å². The Labute approximate surface area is 230 Å². The molecule has 0 radical (unpaired) electrons. The van der Waals surface area contributed by atoms with Crippen molar-refractivity contribution in [2.24, 2.45) is 17.8 Å². The first-order valence-corrected chi connectivity index (χ1v) is 14.6. The zero-order valence-electron chi connectivity index (χ0n) is 23.2. The molecule has 10 nitrogen and oxygen atoms in total. The predicted molar refractivity (Wildman–Crippen MR) is 142 cm³/mol. The molecule has 3 saturated heterocycles. The number of ether oxygens (including phenoxy) is 3. The Balaban J connectivity index is 1.52. The summed E-state index contributed by atoms with van der Waals surface area (Å²) in [6.45, 7) is 8.68. The highest BCUT2D eigenvalue weighted by Gasteiger charge is 2.72. The number of hydrogen-bond donors (Lipinski definition) is 1. The number of allylic oxidation sites excluding steroid dienone is 1. The zero-order chi connectivity index (χ0) is 27.6. The fraction of sp³-hybridized carbons (Fsp3) is 0.759. The van der Waals surface area contributed by atoms with E-state index in [2.05, 4.69) is 4.90 Å². The molecule has 0 aromatic carbocycles. The number of carbonyl (C=O) groups excluding carboxylic acids is 3. The topological polar surface area (TPSA) is 109 Å². The minimum Gasteiger partial charge on any atom is -0.465 e. The van der Waals surface area contributed by atoms with Gasteiger partial charge in [-0.25, -0.2) is 0 Å². The molecular weight excluding hydrogens is 502 g/mol. The monoisotopic (exact) mass is 545 g/mol. The van der Waals surface area contributed by atoms with Crippen LogP contribution in [0.4, 0.5) is 0 Å². The first kappa shape index (κ1) is 28.3. The van der Waals surface area contributed by atoms with Crippen LogP contribution in [-0.2, 0) is 28.6 Å². The zero-order valence-corrected chi connectivity index (χ0v) is 23.2. The van der Waals surface area contributed by atoms with Crippen LogP contribution in [0, 0.1) is 17.8 Å². The van der Waals surface area contributed by atoms with E-state index in [-0.39, 0.29) is 24.3 Å². The van der Waals surface area contributed by atoms with E-state index in [0.29, 0.717) is 45.9 Å². The molecular formula is C29H43N3O7. The Morgan fingerprint density at radius 2 is 1.85 bits per heavy atom. The van der Waals surface area contributed by atoms with Crippen LogP contribution in [-0.4, -0.2) is 121 Å². The summed E-state index contributed by atoms with van der Waals surface area (Å²) in [6.07, 6.45) is 9.99. The van der Waals surface area contributed by atoms with E-state index in [1.807, 2.05) is 38.2 Å². The Morgan fingerprint density at radius 1 is 1.05 bits per heavy atom. The Kier molecular flexibility index (Phi) is 8.75. The van der Waals surface area contributed by atoms with Gasteiger partial charge >= 0.3 is 5.97 Å². The van der Waals surface area contributed by atoms with Gasteiger partial charge in [-0.1, -0.05) is 38.2 Å². The van der Waals surface area contributed by atoms with E-state index >= 15 is 0 Å². The fourth-order valence-corrected chi connectivity index (χ4v) is 6.90. The van der Waals surface area contributed by atoms with Crippen molar-refractivity contribution in [1.82, 2.24) is 14.7 Å². The van der Waals surface area contributed by atoms with E-state index < -0.39 is 41.6 Å². The number of fused-ring (bicyclic) bond motifs is 2. The van der Waals surface area contributed by atoms with E-state index in [1.54, 1.807) is 9.80 Å². The summed E-state index contributed by atoms with van der Waals surface area (Å²) in [6, 6.07) is -1.53. The number of nitrogens with zero attached hydrogens (tertiary/aromatic N) is 3. The second-order valence-corrected chi connectivity index (χ2v) is 11.8. The van der Waals surface area contributed by atoms with Gasteiger partial charge < -0.3 is 29.1 Å². The second kappa shape index (κ2) is 12.1. The van der Waals surface area contributed by atoms with Gasteiger partial charge in [0.2, 0.25) is 11.8 Å². The molecule has 5 aliphatic heterocycles. The van der Waals surface area contributed by atoms with Crippen molar-refractivity contribution in [2.45, 2.75) is 63.3 Å². The fourth-order valence-electron chi connectivity index (χ4n) is 6.90. The molecule has 1 unspecified atom stereocenters. The number of morpholine rings is 1. The minimum atomic E-state index is -1.31. The first-order valence-electron chi connectivity index (χ1n) is 14.6. The normalized spacial score (nSPS) is 35.3. The van der Waals surface area contributed by atoms with Crippen LogP contribution >= 0.6 is 0 Å². The Hall–Kier alpha value is -2.27. The highest BCUT2D eigenvalue weighted by Crippen LogP contribution is 2.53. The highest BCUT2D eigenvalue weighted by molar-refractivity contribution is 5.99. The number of hydrogen-bond acceptors (Lipinski definition) is 8. The van der Waals surface area contributed by atoms with Crippen LogP contribution in [0.2, 0.25) is 0 Å². The molecule has 3 fully saturated rings. The third-order valence-electron chi connectivity index (χ3n) is 8.76. The van der Waals surface area contributed by atoms with Gasteiger partial charge in [-0.05, 0) is 31.6 Å². The van der Waals surface area contributed by atoms with Crippen LogP contribution in [0.1, 0.15) is 39.5 Å². The Bertz CT molecular complexity index is 978. The predicted octanol–water partition coefficient (Wildman–Crippen LogP) is 0.988. The van der Waals surface area contributed by atoms with Gasteiger partial charge in [0, 0.05) is 32.7 Å². The third-order valence-corrected chi connectivity index (χ3v) is 8.76. The molecule has 5 rings (SSSR count). The standard InChI is InChI=1S/C29H43N3O7/c1-20(2)18-21(19-33)32-25-27(35)31(12-11-30-13-16-37-17-14-30)10-7-9-29(25)24(26(32)34)23-22(39-29)8-5-3-4-6-15-38-28(23)36/h5,7-9,20-25,33H,3-4,6,10-19H2,1-2H3/b8-5-/t21-,22-,23+,24+,25?,29+/m1/s1. The number of aliphatic hydroxyl groups excluding tert-OH is 1. The number of amides is 2. The molecule has 6 atom stereocenters. The van der Waals surface area contributed by atoms with Gasteiger partial charge in [-0.3, -0.25) is 19.3 Å². The molecule has 1 spiro atoms. The molecule has 0 saturated carbocycles. The van der Waals surface area contributed by atoms with Crippen molar-refractivity contribution >= 4 is 17.8 Å². The summed E-state index contributed by atoms with van der Waals surface area (Å²) in [7, 11) is 0. The number of carbonyl (C=O) groups is 3. The molecule has 0 aromatic rings. The van der Waals surface area contributed by atoms with Gasteiger partial charge in [0.25, 0.3) is 0 Å². The number of aliphatic hydroxyl groups is 1. The molecule has 0 aromatic heterocycles. The Morgan fingerprint density at radius 3 is 2.59 bits per heavy atom. The highest BCUT2D eigenvalue weighted by atomic mass is 16.6. The summed E-state index contributed by atoms with van der Waals surface area (Å²) in [4.78, 5) is 47.7. The van der Waals surface area contributed by atoms with Gasteiger partial charge in [-0.15, -0.1) is 0 Å². The van der Waals surface area contributed by atoms with Crippen molar-refractivity contribution in [1.29, 1.82) is 0 Å². The maximum atomic E-state index is 14.4. The smallest absolute Gasteiger partial charge is 0.312 e. The van der Waals surface area contributed by atoms with Gasteiger partial charge in [-0.2, -0.15) is 0 Å². The van der Waals surface area contributed by atoms with E-state index in [0.717, 1.165) is 32.4 Å². The van der Waals surface area contributed by atoms with Crippen LogP contribution in [0.3, 0.4) is 0 Å². The lowest BCUT2D eigenvalue weighted by Gasteiger charge is -2.39. The van der Waals surface area contributed by atoms with Crippen LogP contribution in [0.5, 0.6) is 0 Å². The lowest BCUT2D eigenvalue weighted by atomic mass is 9.78. The molecule has 0 bridgehead atoms. The van der Waals surface area contributed by atoms with E-state index in [1.165, 1.54) is 0 Å². The van der Waals surface area contributed by atoms with Crippen molar-refractivity contribution in [3.8, 4) is 0 Å². The van der Waals surface area contributed by atoms with Crippen molar-refractivity contribution < 1.29 is 33.7 Å². The van der Waals surface area contributed by atoms with Crippen molar-refractivity contribution in [3.63, 3.8) is 0 Å². The molecule has 216 valence electrons. The molecule has 0 aliphatic carbocycles.